The number of urea groups is 1. The van der Waals surface area contributed by atoms with Gasteiger partial charge in [-0.25, -0.2) is 18.2 Å². The molecule has 0 aliphatic heterocycles. The summed E-state index contributed by atoms with van der Waals surface area (Å²) >= 11 is 1.20. The number of amides is 2. The maximum absolute atomic E-state index is 12.1. The summed E-state index contributed by atoms with van der Waals surface area (Å²) in [5.41, 5.74) is 3.15. The van der Waals surface area contributed by atoms with Gasteiger partial charge in [0.15, 0.2) is 5.13 Å². The van der Waals surface area contributed by atoms with E-state index in [4.69, 9.17) is 0 Å². The zero-order chi connectivity index (χ0) is 18.7. The van der Waals surface area contributed by atoms with Crippen molar-refractivity contribution in [3.8, 4) is 0 Å². The molecule has 0 spiro atoms. The molecule has 0 saturated carbocycles. The van der Waals surface area contributed by atoms with Crippen molar-refractivity contribution in [2.75, 3.05) is 21.6 Å². The number of fused-ring (bicyclic) bond motifs is 1. The van der Waals surface area contributed by atoms with Crippen molar-refractivity contribution in [1.82, 2.24) is 4.98 Å². The number of benzene rings is 2. The second kappa shape index (κ2) is 7.30. The van der Waals surface area contributed by atoms with E-state index in [1.54, 1.807) is 18.2 Å². The van der Waals surface area contributed by atoms with Gasteiger partial charge in [0.05, 0.1) is 16.5 Å². The molecule has 9 heteroatoms. The average molecular weight is 390 g/mol. The molecule has 0 radical (unpaired) electrons. The Hall–Kier alpha value is -2.65. The highest BCUT2D eigenvalue weighted by atomic mass is 32.2. The van der Waals surface area contributed by atoms with E-state index in [-0.39, 0.29) is 6.03 Å². The zero-order valence-corrected chi connectivity index (χ0v) is 15.9. The quantitative estimate of drug-likeness (QED) is 0.615. The molecule has 3 N–H and O–H groups in total. The Bertz CT molecular complexity index is 1040. The molecule has 1 heterocycles. The van der Waals surface area contributed by atoms with Crippen molar-refractivity contribution in [3.05, 3.63) is 48.0 Å². The van der Waals surface area contributed by atoms with Gasteiger partial charge < -0.3 is 10.6 Å². The summed E-state index contributed by atoms with van der Waals surface area (Å²) in [5.74, 6) is 0. The number of anilines is 3. The van der Waals surface area contributed by atoms with Crippen LogP contribution in [-0.2, 0) is 16.4 Å². The van der Waals surface area contributed by atoms with Crippen LogP contribution in [0.1, 0.15) is 12.5 Å². The second-order valence-electron chi connectivity index (χ2n) is 5.71. The summed E-state index contributed by atoms with van der Waals surface area (Å²) in [7, 11) is -3.38. The van der Waals surface area contributed by atoms with Gasteiger partial charge in [-0.2, -0.15) is 0 Å². The fourth-order valence-electron chi connectivity index (χ4n) is 2.32. The summed E-state index contributed by atoms with van der Waals surface area (Å²) in [5, 5.41) is 5.82. The normalized spacial score (nSPS) is 11.3. The molecule has 0 saturated heterocycles. The van der Waals surface area contributed by atoms with Crippen LogP contribution in [0.3, 0.4) is 0 Å². The molecular weight excluding hydrogens is 372 g/mol. The SMILES string of the molecule is CCc1ccc(NC(=O)Nc2ccc3nc(NS(C)(=O)=O)sc3c2)cc1. The average Bonchev–Trinajstić information content (AvgIpc) is 2.94. The van der Waals surface area contributed by atoms with Crippen LogP contribution >= 0.6 is 11.3 Å². The predicted octanol–water partition coefficient (Wildman–Crippen LogP) is 3.87. The third-order valence-electron chi connectivity index (χ3n) is 3.54. The van der Waals surface area contributed by atoms with Crippen LogP contribution < -0.4 is 15.4 Å². The molecule has 3 rings (SSSR count). The highest BCUT2D eigenvalue weighted by molar-refractivity contribution is 7.92. The molecule has 2 aromatic carbocycles. The lowest BCUT2D eigenvalue weighted by Crippen LogP contribution is -2.19. The van der Waals surface area contributed by atoms with Crippen molar-refractivity contribution in [3.63, 3.8) is 0 Å². The van der Waals surface area contributed by atoms with Gasteiger partial charge in [0, 0.05) is 11.4 Å². The van der Waals surface area contributed by atoms with E-state index in [9.17, 15) is 13.2 Å². The Morgan fingerprint density at radius 2 is 1.73 bits per heavy atom. The Labute approximate surface area is 155 Å². The van der Waals surface area contributed by atoms with E-state index < -0.39 is 10.0 Å². The molecule has 2 amide bonds. The molecule has 0 bridgehead atoms. The van der Waals surface area contributed by atoms with Crippen LogP contribution in [0, 0.1) is 0 Å². The minimum Gasteiger partial charge on any atom is -0.308 e. The first-order valence-electron chi connectivity index (χ1n) is 7.88. The number of nitrogens with one attached hydrogen (secondary N) is 3. The molecule has 7 nitrogen and oxygen atoms in total. The van der Waals surface area contributed by atoms with Crippen molar-refractivity contribution in [1.29, 1.82) is 0 Å². The van der Waals surface area contributed by atoms with E-state index in [2.05, 4.69) is 27.3 Å². The van der Waals surface area contributed by atoms with Crippen molar-refractivity contribution in [2.24, 2.45) is 0 Å². The number of aryl methyl sites for hydroxylation is 1. The molecule has 0 aliphatic rings. The summed E-state index contributed by atoms with van der Waals surface area (Å²) in [4.78, 5) is 16.3. The molecule has 0 fully saturated rings. The Kier molecular flexibility index (Phi) is 5.10. The lowest BCUT2D eigenvalue weighted by molar-refractivity contribution is 0.262. The number of nitrogens with zero attached hydrogens (tertiary/aromatic N) is 1. The lowest BCUT2D eigenvalue weighted by Gasteiger charge is -2.08. The van der Waals surface area contributed by atoms with Gasteiger partial charge in [0.2, 0.25) is 10.0 Å². The van der Waals surface area contributed by atoms with Crippen molar-refractivity contribution in [2.45, 2.75) is 13.3 Å². The second-order valence-corrected chi connectivity index (χ2v) is 8.48. The van der Waals surface area contributed by atoms with Crippen LogP contribution in [-0.4, -0.2) is 25.7 Å². The van der Waals surface area contributed by atoms with Crippen LogP contribution in [0.2, 0.25) is 0 Å². The summed E-state index contributed by atoms with van der Waals surface area (Å²) in [6, 6.07) is 12.5. The third kappa shape index (κ3) is 4.70. The monoisotopic (exact) mass is 390 g/mol. The maximum Gasteiger partial charge on any atom is 0.323 e. The van der Waals surface area contributed by atoms with Gasteiger partial charge in [-0.3, -0.25) is 4.72 Å². The van der Waals surface area contributed by atoms with Gasteiger partial charge in [-0.1, -0.05) is 30.4 Å². The number of hydrogen-bond donors (Lipinski definition) is 3. The zero-order valence-electron chi connectivity index (χ0n) is 14.2. The van der Waals surface area contributed by atoms with Crippen molar-refractivity contribution >= 4 is 54.1 Å². The maximum atomic E-state index is 12.1. The smallest absolute Gasteiger partial charge is 0.308 e. The number of carbonyl (C=O) groups is 1. The van der Waals surface area contributed by atoms with E-state index in [1.807, 2.05) is 24.3 Å². The summed E-state index contributed by atoms with van der Waals surface area (Å²) in [6.45, 7) is 2.07. The van der Waals surface area contributed by atoms with E-state index in [0.717, 1.165) is 17.4 Å². The van der Waals surface area contributed by atoms with Gasteiger partial charge in [-0.05, 0) is 42.3 Å². The Balaban J connectivity index is 1.70. The summed E-state index contributed by atoms with van der Waals surface area (Å²) < 4.78 is 25.7. The van der Waals surface area contributed by atoms with Gasteiger partial charge in [0.1, 0.15) is 0 Å². The first-order chi connectivity index (χ1) is 12.3. The summed E-state index contributed by atoms with van der Waals surface area (Å²) in [6.07, 6.45) is 2.01. The fraction of sp³-hybridized carbons (Fsp3) is 0.176. The standard InChI is InChI=1S/C17H18N4O3S2/c1-3-11-4-6-12(7-5-11)18-16(22)19-13-8-9-14-15(10-13)25-17(20-14)21-26(2,23)24/h4-10H,3H2,1-2H3,(H,20,21)(H2,18,19,22). The Morgan fingerprint density at radius 3 is 2.38 bits per heavy atom. The van der Waals surface area contributed by atoms with E-state index in [0.29, 0.717) is 22.0 Å². The van der Waals surface area contributed by atoms with E-state index >= 15 is 0 Å². The lowest BCUT2D eigenvalue weighted by atomic mass is 10.1. The Morgan fingerprint density at radius 1 is 1.08 bits per heavy atom. The molecule has 0 aliphatic carbocycles. The van der Waals surface area contributed by atoms with Gasteiger partial charge in [-0.15, -0.1) is 0 Å². The minimum absolute atomic E-state index is 0.292. The molecule has 1 aromatic heterocycles. The topological polar surface area (TPSA) is 100 Å². The molecular formula is C17H18N4O3S2. The first-order valence-corrected chi connectivity index (χ1v) is 10.6. The third-order valence-corrected chi connectivity index (χ3v) is 5.17. The van der Waals surface area contributed by atoms with Crippen LogP contribution in [0.15, 0.2) is 42.5 Å². The van der Waals surface area contributed by atoms with Crippen LogP contribution in [0.4, 0.5) is 21.3 Å². The number of carbonyl (C=O) groups excluding carboxylic acids is 1. The molecule has 26 heavy (non-hydrogen) atoms. The molecule has 0 atom stereocenters. The first kappa shape index (κ1) is 18.2. The van der Waals surface area contributed by atoms with Crippen molar-refractivity contribution < 1.29 is 13.2 Å². The van der Waals surface area contributed by atoms with Gasteiger partial charge in [0.25, 0.3) is 0 Å². The minimum atomic E-state index is -3.38. The highest BCUT2D eigenvalue weighted by Crippen LogP contribution is 2.28. The molecule has 3 aromatic rings. The van der Waals surface area contributed by atoms with Crippen LogP contribution in [0.25, 0.3) is 10.2 Å². The number of sulfonamides is 1. The van der Waals surface area contributed by atoms with Gasteiger partial charge >= 0.3 is 6.03 Å². The number of thiazole rings is 1. The number of rotatable bonds is 5. The fourth-order valence-corrected chi connectivity index (χ4v) is 4.06. The van der Waals surface area contributed by atoms with E-state index in [1.165, 1.54) is 16.9 Å². The number of hydrogen-bond acceptors (Lipinski definition) is 5. The van der Waals surface area contributed by atoms with Crippen LogP contribution in [0.5, 0.6) is 0 Å². The highest BCUT2D eigenvalue weighted by Gasteiger charge is 2.10. The number of aromatic nitrogens is 1. The molecule has 0 unspecified atom stereocenters. The largest absolute Gasteiger partial charge is 0.323 e. The predicted molar refractivity (Wildman–Crippen MR) is 107 cm³/mol. The molecule has 136 valence electrons.